The summed E-state index contributed by atoms with van der Waals surface area (Å²) in [6, 6.07) is 13.8. The lowest BCUT2D eigenvalue weighted by Gasteiger charge is -2.16. The first-order valence-corrected chi connectivity index (χ1v) is 11.4. The van der Waals surface area contributed by atoms with Gasteiger partial charge in [0.1, 0.15) is 5.69 Å². The fourth-order valence-electron chi connectivity index (χ4n) is 3.59. The Balaban J connectivity index is 2.05. The number of methoxy groups -OCH3 is 2. The summed E-state index contributed by atoms with van der Waals surface area (Å²) in [4.78, 5) is 4.74. The van der Waals surface area contributed by atoms with Gasteiger partial charge in [0.25, 0.3) is 5.16 Å². The number of ether oxygens (including phenoxy) is 2. The normalized spacial score (nSPS) is 11.1. The fourth-order valence-corrected chi connectivity index (χ4v) is 4.47. The highest BCUT2D eigenvalue weighted by atomic mass is 35.5. The molecule has 0 aliphatic rings. The molecule has 1 N–H and O–H groups in total. The third kappa shape index (κ3) is 4.07. The van der Waals surface area contributed by atoms with E-state index in [2.05, 4.69) is 27.8 Å². The summed E-state index contributed by atoms with van der Waals surface area (Å²) in [7, 11) is 3.27. The lowest BCUT2D eigenvalue weighted by molar-refractivity contribution is -0.597. The molecular weight excluding hydrogens is 432 g/mol. The van der Waals surface area contributed by atoms with E-state index in [1.165, 1.54) is 0 Å². The van der Waals surface area contributed by atoms with Crippen LogP contribution in [0.4, 0.5) is 0 Å². The zero-order valence-corrected chi connectivity index (χ0v) is 19.5. The van der Waals surface area contributed by atoms with Gasteiger partial charge >= 0.3 is 5.95 Å². The SMILES string of the molecule is CCCSc1n[nH]c(-[n+]2c(C)cc3cc(OC)c(OC)cc3c2-c2ccccc2Cl)n1. The average Bonchev–Trinajstić information content (AvgIpc) is 3.24. The first-order valence-electron chi connectivity index (χ1n) is 9.99. The highest BCUT2D eigenvalue weighted by Gasteiger charge is 2.25. The molecule has 0 bridgehead atoms. The van der Waals surface area contributed by atoms with Crippen LogP contribution in [0.1, 0.15) is 19.0 Å². The zero-order chi connectivity index (χ0) is 22.0. The van der Waals surface area contributed by atoms with E-state index >= 15 is 0 Å². The first kappa shape index (κ1) is 21.5. The molecule has 8 heteroatoms. The van der Waals surface area contributed by atoms with E-state index in [0.29, 0.717) is 22.5 Å². The van der Waals surface area contributed by atoms with Crippen molar-refractivity contribution in [3.8, 4) is 28.7 Å². The second-order valence-electron chi connectivity index (χ2n) is 7.03. The molecule has 31 heavy (non-hydrogen) atoms. The Morgan fingerprint density at radius 3 is 2.55 bits per heavy atom. The van der Waals surface area contributed by atoms with E-state index < -0.39 is 0 Å². The quantitative estimate of drug-likeness (QED) is 0.299. The van der Waals surface area contributed by atoms with Crippen LogP contribution >= 0.6 is 23.4 Å². The number of H-pyrrole nitrogens is 1. The van der Waals surface area contributed by atoms with Gasteiger partial charge in [-0.15, -0.1) is 5.10 Å². The smallest absolute Gasteiger partial charge is 0.423 e. The minimum absolute atomic E-state index is 0.641. The highest BCUT2D eigenvalue weighted by molar-refractivity contribution is 7.99. The minimum atomic E-state index is 0.641. The molecule has 0 saturated heterocycles. The number of rotatable bonds is 7. The maximum atomic E-state index is 6.66. The van der Waals surface area contributed by atoms with Crippen molar-refractivity contribution in [3.05, 3.63) is 53.2 Å². The molecule has 0 radical (unpaired) electrons. The van der Waals surface area contributed by atoms with Crippen molar-refractivity contribution in [2.45, 2.75) is 25.4 Å². The molecule has 0 fully saturated rings. The van der Waals surface area contributed by atoms with Gasteiger partial charge in [-0.1, -0.05) is 47.5 Å². The Morgan fingerprint density at radius 2 is 1.84 bits per heavy atom. The summed E-state index contributed by atoms with van der Waals surface area (Å²) < 4.78 is 13.2. The van der Waals surface area contributed by atoms with Gasteiger partial charge in [0.15, 0.2) is 11.5 Å². The van der Waals surface area contributed by atoms with Crippen molar-refractivity contribution < 1.29 is 14.0 Å². The molecule has 0 atom stereocenters. The number of hydrogen-bond acceptors (Lipinski definition) is 5. The molecule has 4 aromatic rings. The number of benzene rings is 2. The number of nitrogens with one attached hydrogen (secondary N) is 1. The van der Waals surface area contributed by atoms with Crippen LogP contribution < -0.4 is 14.0 Å². The predicted molar refractivity (Wildman–Crippen MR) is 125 cm³/mol. The van der Waals surface area contributed by atoms with Gasteiger partial charge in [-0.25, -0.2) is 0 Å². The van der Waals surface area contributed by atoms with Crippen LogP contribution in [0, 0.1) is 6.92 Å². The minimum Gasteiger partial charge on any atom is -0.493 e. The van der Waals surface area contributed by atoms with Gasteiger partial charge in [-0.3, -0.25) is 0 Å². The molecule has 0 amide bonds. The highest BCUT2D eigenvalue weighted by Crippen LogP contribution is 2.38. The summed E-state index contributed by atoms with van der Waals surface area (Å²) in [5, 5.41) is 10.9. The molecule has 2 aromatic carbocycles. The van der Waals surface area contributed by atoms with Crippen molar-refractivity contribution in [3.63, 3.8) is 0 Å². The van der Waals surface area contributed by atoms with Gasteiger partial charge in [0.2, 0.25) is 0 Å². The first-order chi connectivity index (χ1) is 15.1. The Hall–Kier alpha value is -2.77. The van der Waals surface area contributed by atoms with Crippen LogP contribution in [0.5, 0.6) is 11.5 Å². The van der Waals surface area contributed by atoms with E-state index in [1.54, 1.807) is 26.0 Å². The van der Waals surface area contributed by atoms with E-state index in [1.807, 2.05) is 43.3 Å². The summed E-state index contributed by atoms with van der Waals surface area (Å²) in [5.41, 5.74) is 2.78. The molecule has 0 aliphatic heterocycles. The number of aryl methyl sites for hydroxylation is 1. The molecule has 4 rings (SSSR count). The van der Waals surface area contributed by atoms with Gasteiger partial charge < -0.3 is 9.47 Å². The lowest BCUT2D eigenvalue weighted by atomic mass is 10.0. The van der Waals surface area contributed by atoms with Crippen molar-refractivity contribution in [1.82, 2.24) is 15.2 Å². The van der Waals surface area contributed by atoms with Gasteiger partial charge in [0.05, 0.1) is 24.9 Å². The van der Waals surface area contributed by atoms with Crippen molar-refractivity contribution in [2.75, 3.05) is 20.0 Å². The Morgan fingerprint density at radius 1 is 1.10 bits per heavy atom. The number of aromatic nitrogens is 4. The second-order valence-corrected chi connectivity index (χ2v) is 8.50. The number of halogens is 1. The summed E-state index contributed by atoms with van der Waals surface area (Å²) in [6.45, 7) is 4.18. The maximum Gasteiger partial charge on any atom is 0.423 e. The van der Waals surface area contributed by atoms with Gasteiger partial charge in [-0.05, 0) is 54.0 Å². The van der Waals surface area contributed by atoms with E-state index in [-0.39, 0.29) is 0 Å². The second kappa shape index (κ2) is 9.16. The molecule has 0 saturated carbocycles. The number of pyridine rings is 1. The topological polar surface area (TPSA) is 63.9 Å². The monoisotopic (exact) mass is 455 g/mol. The van der Waals surface area contributed by atoms with Crippen molar-refractivity contribution in [1.29, 1.82) is 0 Å². The molecule has 2 aromatic heterocycles. The Bertz CT molecular complexity index is 1240. The van der Waals surface area contributed by atoms with Crippen LogP contribution in [-0.4, -0.2) is 35.2 Å². The van der Waals surface area contributed by atoms with Crippen LogP contribution in [0.25, 0.3) is 28.0 Å². The predicted octanol–water partition coefficient (Wildman–Crippen LogP) is 5.38. The standard InChI is InChI=1S/C23H24ClN4O2S/c1-5-10-31-23-25-22(26-27-23)28-14(2)11-15-12-19(29-3)20(30-4)13-17(15)21(28)16-8-6-7-9-18(16)24/h6-9,11-13H,5,10H2,1-4H3,(H,25,26,27)/q+1. The number of aromatic amines is 1. The molecular formula is C23H24ClN4O2S+. The Labute approximate surface area is 190 Å². The largest absolute Gasteiger partial charge is 0.493 e. The van der Waals surface area contributed by atoms with Gasteiger partial charge in [-0.2, -0.15) is 4.57 Å². The van der Waals surface area contributed by atoms with E-state index in [9.17, 15) is 0 Å². The molecule has 6 nitrogen and oxygen atoms in total. The van der Waals surface area contributed by atoms with E-state index in [4.69, 9.17) is 26.1 Å². The average molecular weight is 456 g/mol. The van der Waals surface area contributed by atoms with Crippen LogP contribution in [0.2, 0.25) is 5.02 Å². The Kier molecular flexibility index (Phi) is 6.34. The lowest BCUT2D eigenvalue weighted by Crippen LogP contribution is -2.38. The van der Waals surface area contributed by atoms with Crippen LogP contribution in [-0.2, 0) is 0 Å². The third-order valence-electron chi connectivity index (χ3n) is 4.98. The molecule has 2 heterocycles. The number of hydrogen-bond donors (Lipinski definition) is 1. The van der Waals surface area contributed by atoms with Gasteiger partial charge in [0, 0.05) is 16.7 Å². The molecule has 0 aliphatic carbocycles. The molecule has 0 spiro atoms. The maximum absolute atomic E-state index is 6.66. The molecule has 0 unspecified atom stereocenters. The number of nitrogens with zero attached hydrogens (tertiary/aromatic N) is 3. The summed E-state index contributed by atoms with van der Waals surface area (Å²) in [5.74, 6) is 2.93. The zero-order valence-electron chi connectivity index (χ0n) is 17.9. The van der Waals surface area contributed by atoms with Crippen molar-refractivity contribution >= 4 is 34.1 Å². The molecule has 160 valence electrons. The fraction of sp³-hybridized carbons (Fsp3) is 0.261. The number of thioether (sulfide) groups is 1. The van der Waals surface area contributed by atoms with E-state index in [0.717, 1.165) is 45.1 Å². The van der Waals surface area contributed by atoms with Crippen LogP contribution in [0.3, 0.4) is 0 Å². The van der Waals surface area contributed by atoms with Crippen molar-refractivity contribution in [2.24, 2.45) is 0 Å². The number of fused-ring (bicyclic) bond motifs is 1. The summed E-state index contributed by atoms with van der Waals surface area (Å²) >= 11 is 8.29. The van der Waals surface area contributed by atoms with Crippen LogP contribution in [0.15, 0.2) is 47.6 Å². The summed E-state index contributed by atoms with van der Waals surface area (Å²) in [6.07, 6.45) is 1.06. The third-order valence-corrected chi connectivity index (χ3v) is 6.36.